The van der Waals surface area contributed by atoms with Crippen molar-refractivity contribution >= 4 is 79.4 Å². The molecule has 0 bridgehead atoms. The number of nitrogens with two attached hydrogens (primary N) is 1. The van der Waals surface area contributed by atoms with Crippen molar-refractivity contribution in [2.24, 2.45) is 22.7 Å². The van der Waals surface area contributed by atoms with Gasteiger partial charge in [-0.3, -0.25) is 10.1 Å². The van der Waals surface area contributed by atoms with Crippen molar-refractivity contribution in [3.8, 4) is 11.5 Å². The molecular weight excluding hydrogens is 945 g/mol. The zero-order valence-corrected chi connectivity index (χ0v) is 39.8. The summed E-state index contributed by atoms with van der Waals surface area (Å²) in [4.78, 5) is 33.3. The smallest absolute Gasteiger partial charge is 0.311 e. The molecule has 67 heavy (non-hydrogen) atoms. The number of nitrogens with one attached hydrogen (secondary N) is 2. The number of benzene rings is 4. The molecule has 0 radical (unpaired) electrons. The van der Waals surface area contributed by atoms with Crippen LogP contribution in [-0.2, 0) is 17.1 Å². The molecule has 2 saturated carbocycles. The fourth-order valence-corrected chi connectivity index (χ4v) is 10.5. The Morgan fingerprint density at radius 1 is 0.701 bits per heavy atom. The molecule has 0 unspecified atom stereocenters. The van der Waals surface area contributed by atoms with Crippen molar-refractivity contribution in [2.45, 2.75) is 51.4 Å². The molecule has 4 aliphatic rings. The number of rotatable bonds is 11. The second-order valence-electron chi connectivity index (χ2n) is 18.7. The Labute approximate surface area is 407 Å². The number of likely N-dealkylation sites (tertiary alicyclic amines) is 2. The van der Waals surface area contributed by atoms with Gasteiger partial charge >= 0.3 is 5.69 Å². The van der Waals surface area contributed by atoms with Gasteiger partial charge in [0.15, 0.2) is 5.75 Å². The Hall–Kier alpha value is -5.16. The van der Waals surface area contributed by atoms with Gasteiger partial charge in [0.2, 0.25) is 0 Å². The van der Waals surface area contributed by atoms with Crippen molar-refractivity contribution in [2.75, 3.05) is 69.9 Å². The summed E-state index contributed by atoms with van der Waals surface area (Å²) in [6.07, 6.45) is 12.6. The van der Waals surface area contributed by atoms with Crippen molar-refractivity contribution in [1.29, 1.82) is 0 Å². The number of anilines is 5. The Morgan fingerprint density at radius 3 is 1.58 bits per heavy atom. The van der Waals surface area contributed by atoms with Crippen LogP contribution < -0.4 is 25.8 Å². The summed E-state index contributed by atoms with van der Waals surface area (Å²) in [5.74, 6) is 1.76. The summed E-state index contributed by atoms with van der Waals surface area (Å²) in [5.41, 5.74) is 10.0. The van der Waals surface area contributed by atoms with Crippen LogP contribution in [0.2, 0.25) is 10.0 Å². The summed E-state index contributed by atoms with van der Waals surface area (Å²) in [6.45, 7) is 5.79. The van der Waals surface area contributed by atoms with Crippen molar-refractivity contribution in [3.63, 3.8) is 0 Å². The van der Waals surface area contributed by atoms with Crippen molar-refractivity contribution in [3.05, 3.63) is 105 Å². The zero-order chi connectivity index (χ0) is 46.2. The molecule has 2 spiro atoms. The molecule has 2 saturated heterocycles. The Kier molecular flexibility index (Phi) is 14.6. The quantitative estimate of drug-likeness (QED) is 0.0485. The number of aromatic nitrogens is 4. The summed E-state index contributed by atoms with van der Waals surface area (Å²) in [7, 11) is 4.36. The van der Waals surface area contributed by atoms with E-state index in [0.717, 1.165) is 36.8 Å². The molecule has 10 rings (SSSR count). The van der Waals surface area contributed by atoms with E-state index >= 15 is 0 Å². The average molecular weight is 998 g/mol. The third-order valence-corrected chi connectivity index (χ3v) is 14.6. The van der Waals surface area contributed by atoms with Gasteiger partial charge in [0.1, 0.15) is 41.7 Å². The van der Waals surface area contributed by atoms with Crippen LogP contribution in [0.1, 0.15) is 51.4 Å². The Balaban J connectivity index is 0.000000179. The van der Waals surface area contributed by atoms with E-state index in [2.05, 4.69) is 54.5 Å². The maximum Gasteiger partial charge on any atom is 0.311 e. The molecule has 354 valence electrons. The molecule has 14 nitrogen and oxygen atoms in total. The third kappa shape index (κ3) is 10.9. The van der Waals surface area contributed by atoms with Crippen LogP contribution in [0, 0.1) is 44.4 Å². The van der Waals surface area contributed by atoms with Gasteiger partial charge in [0, 0.05) is 52.0 Å². The molecule has 2 aliphatic carbocycles. The third-order valence-electron chi connectivity index (χ3n) is 14.0. The largest absolute Gasteiger partial charge is 0.491 e. The SMILES string of the molecule is CN1CCC2(CC1)CC(COc1cc3ncnc(Nc4ccc(F)c(Cl)c4)c3cc1N)C2.CN1CCC2(CC1)CC(COc1cc3ncnc(Nc4ccc(F)c(Cl)c4)c3cc1[N+](=O)[O-])C2.[Fe]. The van der Waals surface area contributed by atoms with Gasteiger partial charge in [0.25, 0.3) is 0 Å². The summed E-state index contributed by atoms with van der Waals surface area (Å²) < 4.78 is 39.0. The van der Waals surface area contributed by atoms with Crippen molar-refractivity contribution < 1.29 is 40.2 Å². The first-order valence-electron chi connectivity index (χ1n) is 22.3. The first-order valence-corrected chi connectivity index (χ1v) is 23.0. The fraction of sp³-hybridized carbons (Fsp3) is 0.417. The number of nitrogen functional groups attached to an aromatic ring is 1. The van der Waals surface area contributed by atoms with Crippen LogP contribution in [0.25, 0.3) is 21.8 Å². The number of hydrogen-bond acceptors (Lipinski definition) is 13. The number of nitro groups is 1. The van der Waals surface area contributed by atoms with E-state index in [1.54, 1.807) is 12.1 Å². The predicted octanol–water partition coefficient (Wildman–Crippen LogP) is 10.8. The normalized spacial score (nSPS) is 18.1. The van der Waals surface area contributed by atoms with Crippen LogP contribution in [0.4, 0.5) is 43.2 Å². The number of hydrogen-bond donors (Lipinski definition) is 3. The zero-order valence-electron chi connectivity index (χ0n) is 37.2. The number of ether oxygens (including phenoxy) is 2. The molecule has 4 N–H and O–H groups in total. The van der Waals surface area contributed by atoms with Gasteiger partial charge in [-0.25, -0.2) is 28.7 Å². The molecular formula is C48H52Cl2F2FeN10O4. The van der Waals surface area contributed by atoms with Crippen LogP contribution in [0.3, 0.4) is 0 Å². The molecule has 6 aromatic rings. The van der Waals surface area contributed by atoms with Crippen LogP contribution in [0.5, 0.6) is 11.5 Å². The van der Waals surface area contributed by atoms with E-state index in [9.17, 15) is 18.9 Å². The number of halogens is 4. The standard InChI is InChI=1S/C24H25ClFN5O3.C24H27ClFN5O.Fe/c1-30-6-4-24(5-7-30)11-15(12-24)13-34-22-10-20-17(9-21(22)31(32)33)23(28-14-27-20)29-16-2-3-19(26)18(25)8-16;1-31-6-4-24(5-7-31)11-15(12-24)13-32-22-10-21-17(9-20(22)27)23(29-14-28-21)30-16-2-3-19(26)18(25)8-16;/h2-3,8-10,14-15H,4-7,11-13H2,1H3,(H,27,28,29);2-3,8-10,14-15H,4-7,11-13,27H2,1H3,(H,28,29,30);. The minimum Gasteiger partial charge on any atom is -0.491 e. The maximum atomic E-state index is 13.5. The molecule has 2 aliphatic heterocycles. The number of fused-ring (bicyclic) bond motifs is 2. The maximum absolute atomic E-state index is 13.5. The first kappa shape index (κ1) is 48.3. The monoisotopic (exact) mass is 996 g/mol. The summed E-state index contributed by atoms with van der Waals surface area (Å²) in [6, 6.07) is 15.3. The van der Waals surface area contributed by atoms with Gasteiger partial charge in [-0.05, 0) is 157 Å². The number of piperidine rings is 2. The van der Waals surface area contributed by atoms with Crippen LogP contribution >= 0.6 is 23.2 Å². The van der Waals surface area contributed by atoms with Gasteiger partial charge in [-0.1, -0.05) is 23.2 Å². The van der Waals surface area contributed by atoms with Crippen LogP contribution in [0.15, 0.2) is 73.3 Å². The number of nitro benzene ring substituents is 1. The molecule has 4 heterocycles. The van der Waals surface area contributed by atoms with E-state index in [-0.39, 0.29) is 38.6 Å². The average Bonchev–Trinajstić information content (AvgIpc) is 3.27. The van der Waals surface area contributed by atoms with Gasteiger partial charge < -0.3 is 35.6 Å². The van der Waals surface area contributed by atoms with E-state index in [0.29, 0.717) is 81.2 Å². The van der Waals surface area contributed by atoms with Gasteiger partial charge in [-0.15, -0.1) is 0 Å². The second kappa shape index (κ2) is 20.2. The molecule has 4 aromatic carbocycles. The number of nitrogens with zero attached hydrogens (tertiary/aromatic N) is 7. The summed E-state index contributed by atoms with van der Waals surface area (Å²) >= 11 is 11.8. The molecule has 2 aromatic heterocycles. The Morgan fingerprint density at radius 2 is 1.13 bits per heavy atom. The minimum atomic E-state index is -0.537. The topological polar surface area (TPSA) is 170 Å². The van der Waals surface area contributed by atoms with Gasteiger partial charge in [-0.2, -0.15) is 0 Å². The first-order chi connectivity index (χ1) is 31.7. The van der Waals surface area contributed by atoms with E-state index in [1.807, 2.05) is 12.1 Å². The van der Waals surface area contributed by atoms with Crippen LogP contribution in [-0.4, -0.2) is 88.1 Å². The Bertz CT molecular complexity index is 2760. The second-order valence-corrected chi connectivity index (χ2v) is 19.5. The van der Waals surface area contributed by atoms with Crippen molar-refractivity contribution in [1.82, 2.24) is 29.7 Å². The van der Waals surface area contributed by atoms with E-state index < -0.39 is 16.6 Å². The molecule has 19 heteroatoms. The molecule has 0 amide bonds. The predicted molar refractivity (Wildman–Crippen MR) is 254 cm³/mol. The van der Waals surface area contributed by atoms with E-state index in [1.165, 1.54) is 101 Å². The van der Waals surface area contributed by atoms with Gasteiger partial charge in [0.05, 0.1) is 50.3 Å². The summed E-state index contributed by atoms with van der Waals surface area (Å²) in [5, 5.41) is 19.2. The molecule has 0 atom stereocenters. The fourth-order valence-electron chi connectivity index (χ4n) is 10.2. The molecule has 4 fully saturated rings. The van der Waals surface area contributed by atoms with E-state index in [4.69, 9.17) is 38.4 Å². The minimum absolute atomic E-state index is 0.